The monoisotopic (exact) mass is 286 g/mol. The smallest absolute Gasteiger partial charge is 0.272 e. The maximum Gasteiger partial charge on any atom is 0.279 e. The van der Waals surface area contributed by atoms with Gasteiger partial charge in [-0.25, -0.2) is 0 Å². The molecule has 2 rings (SSSR count). The molecule has 1 aromatic rings. The molecule has 0 amide bonds. The van der Waals surface area contributed by atoms with Crippen molar-refractivity contribution in [1.29, 1.82) is 0 Å². The Morgan fingerprint density at radius 3 is 2.79 bits per heavy atom. The first-order chi connectivity index (χ1) is 8.99. The molecular formula is C12H22N4O2S. The molecule has 19 heavy (non-hydrogen) atoms. The highest BCUT2D eigenvalue weighted by molar-refractivity contribution is 7.87. The summed E-state index contributed by atoms with van der Waals surface area (Å²) in [6.07, 6.45) is 4.57. The fourth-order valence-corrected chi connectivity index (χ4v) is 4.08. The van der Waals surface area contributed by atoms with Crippen LogP contribution in [0.5, 0.6) is 0 Å². The van der Waals surface area contributed by atoms with Gasteiger partial charge in [0.25, 0.3) is 10.2 Å². The molecule has 7 heteroatoms. The largest absolute Gasteiger partial charge is 0.279 e. The number of nitrogens with one attached hydrogen (secondary N) is 1. The van der Waals surface area contributed by atoms with Gasteiger partial charge in [0, 0.05) is 31.4 Å². The lowest BCUT2D eigenvalue weighted by atomic mass is 9.94. The van der Waals surface area contributed by atoms with Crippen molar-refractivity contribution >= 4 is 10.2 Å². The molecule has 0 aliphatic heterocycles. The maximum atomic E-state index is 12.3. The molecule has 0 fully saturated rings. The van der Waals surface area contributed by atoms with Gasteiger partial charge < -0.3 is 0 Å². The summed E-state index contributed by atoms with van der Waals surface area (Å²) in [5.41, 5.74) is 2.16. The van der Waals surface area contributed by atoms with Crippen LogP contribution in [0.2, 0.25) is 0 Å². The lowest BCUT2D eigenvalue weighted by Gasteiger charge is -2.27. The Hall–Kier alpha value is -0.920. The molecule has 0 radical (unpaired) electrons. The van der Waals surface area contributed by atoms with E-state index in [0.29, 0.717) is 13.1 Å². The van der Waals surface area contributed by atoms with Crippen molar-refractivity contribution in [2.75, 3.05) is 13.1 Å². The maximum absolute atomic E-state index is 12.3. The first kappa shape index (κ1) is 14.5. The summed E-state index contributed by atoms with van der Waals surface area (Å²) in [6, 6.07) is -0.150. The highest BCUT2D eigenvalue weighted by atomic mass is 32.2. The standard InChI is InChI=1S/C12H22N4O2S/c1-4-16(5-2)19(17,18)14-11-7-6-8-12-10(11)9-13-15(12)3/h9,11,14H,4-8H2,1-3H3/t11-/m1/s1. The van der Waals surface area contributed by atoms with Gasteiger partial charge in [0.2, 0.25) is 0 Å². The first-order valence-corrected chi connectivity index (χ1v) is 8.21. The van der Waals surface area contributed by atoms with Crippen LogP contribution >= 0.6 is 0 Å². The van der Waals surface area contributed by atoms with Crippen molar-refractivity contribution in [3.63, 3.8) is 0 Å². The summed E-state index contributed by atoms with van der Waals surface area (Å²) in [5, 5.41) is 4.23. The van der Waals surface area contributed by atoms with Gasteiger partial charge in [0.05, 0.1) is 12.2 Å². The van der Waals surface area contributed by atoms with Gasteiger partial charge in [-0.15, -0.1) is 0 Å². The molecule has 0 saturated carbocycles. The highest BCUT2D eigenvalue weighted by Gasteiger charge is 2.29. The number of fused-ring (bicyclic) bond motifs is 1. The molecule has 0 bridgehead atoms. The molecule has 0 saturated heterocycles. The van der Waals surface area contributed by atoms with E-state index in [1.807, 2.05) is 25.6 Å². The van der Waals surface area contributed by atoms with Crippen molar-refractivity contribution in [2.45, 2.75) is 39.2 Å². The van der Waals surface area contributed by atoms with E-state index in [2.05, 4.69) is 9.82 Å². The number of hydrogen-bond acceptors (Lipinski definition) is 3. The zero-order chi connectivity index (χ0) is 14.0. The van der Waals surface area contributed by atoms with Gasteiger partial charge in [-0.1, -0.05) is 13.8 Å². The Bertz CT molecular complexity index is 534. The Kier molecular flexibility index (Phi) is 4.27. The fourth-order valence-electron chi connectivity index (χ4n) is 2.65. The minimum absolute atomic E-state index is 0.150. The molecule has 1 N–H and O–H groups in total. The second kappa shape index (κ2) is 5.60. The van der Waals surface area contributed by atoms with Crippen molar-refractivity contribution in [3.05, 3.63) is 17.5 Å². The molecule has 1 aliphatic carbocycles. The van der Waals surface area contributed by atoms with E-state index in [1.165, 1.54) is 4.31 Å². The summed E-state index contributed by atoms with van der Waals surface area (Å²) in [7, 11) is -1.51. The van der Waals surface area contributed by atoms with E-state index in [9.17, 15) is 8.42 Å². The average Bonchev–Trinajstić information content (AvgIpc) is 2.73. The molecule has 108 valence electrons. The van der Waals surface area contributed by atoms with Gasteiger partial charge in [-0.2, -0.15) is 22.5 Å². The molecule has 0 spiro atoms. The van der Waals surface area contributed by atoms with Gasteiger partial charge in [0.1, 0.15) is 0 Å². The number of rotatable bonds is 5. The van der Waals surface area contributed by atoms with E-state index >= 15 is 0 Å². The minimum atomic E-state index is -3.41. The van der Waals surface area contributed by atoms with Crippen molar-refractivity contribution < 1.29 is 8.42 Å². The second-order valence-electron chi connectivity index (χ2n) is 4.82. The zero-order valence-corrected chi connectivity index (χ0v) is 12.6. The van der Waals surface area contributed by atoms with Gasteiger partial charge >= 0.3 is 0 Å². The van der Waals surface area contributed by atoms with Crippen LogP contribution in [0.25, 0.3) is 0 Å². The lowest BCUT2D eigenvalue weighted by molar-refractivity contribution is 0.416. The molecule has 0 aromatic carbocycles. The summed E-state index contributed by atoms with van der Waals surface area (Å²) in [4.78, 5) is 0. The lowest BCUT2D eigenvalue weighted by Crippen LogP contribution is -2.42. The van der Waals surface area contributed by atoms with Crippen molar-refractivity contribution in [2.24, 2.45) is 7.05 Å². The first-order valence-electron chi connectivity index (χ1n) is 6.77. The third-order valence-corrected chi connectivity index (χ3v) is 5.49. The van der Waals surface area contributed by atoms with Crippen molar-refractivity contribution in [3.8, 4) is 0 Å². The fraction of sp³-hybridized carbons (Fsp3) is 0.750. The summed E-state index contributed by atoms with van der Waals surface area (Å²) in [6.45, 7) is 4.66. The summed E-state index contributed by atoms with van der Waals surface area (Å²) >= 11 is 0. The van der Waals surface area contributed by atoms with Crippen LogP contribution in [0.3, 0.4) is 0 Å². The zero-order valence-electron chi connectivity index (χ0n) is 11.8. The second-order valence-corrected chi connectivity index (χ2v) is 6.52. The van der Waals surface area contributed by atoms with E-state index in [0.717, 1.165) is 30.5 Å². The van der Waals surface area contributed by atoms with Crippen LogP contribution in [0.15, 0.2) is 6.20 Å². The van der Waals surface area contributed by atoms with Crippen molar-refractivity contribution in [1.82, 2.24) is 18.8 Å². The Morgan fingerprint density at radius 2 is 2.16 bits per heavy atom. The van der Waals surface area contributed by atoms with Crippen LogP contribution in [-0.4, -0.2) is 35.6 Å². The van der Waals surface area contributed by atoms with Gasteiger partial charge in [-0.05, 0) is 19.3 Å². The summed E-state index contributed by atoms with van der Waals surface area (Å²) in [5.74, 6) is 0. The topological polar surface area (TPSA) is 67.2 Å². The average molecular weight is 286 g/mol. The molecule has 0 unspecified atom stereocenters. The van der Waals surface area contributed by atoms with Crippen LogP contribution in [0.1, 0.15) is 44.0 Å². The number of aromatic nitrogens is 2. The van der Waals surface area contributed by atoms with Crippen LogP contribution in [0, 0.1) is 0 Å². The quantitative estimate of drug-likeness (QED) is 0.877. The molecule has 1 aromatic heterocycles. The van der Waals surface area contributed by atoms with Gasteiger partial charge in [-0.3, -0.25) is 4.68 Å². The number of nitrogens with zero attached hydrogens (tertiary/aromatic N) is 3. The third-order valence-electron chi connectivity index (χ3n) is 3.71. The molecule has 1 aliphatic rings. The number of aryl methyl sites for hydroxylation is 1. The predicted molar refractivity (Wildman–Crippen MR) is 73.9 cm³/mol. The van der Waals surface area contributed by atoms with E-state index < -0.39 is 10.2 Å². The number of hydrogen-bond donors (Lipinski definition) is 1. The Labute approximate surface area is 115 Å². The van der Waals surface area contributed by atoms with E-state index in [4.69, 9.17) is 0 Å². The van der Waals surface area contributed by atoms with E-state index in [-0.39, 0.29) is 6.04 Å². The normalized spacial score (nSPS) is 19.7. The van der Waals surface area contributed by atoms with Crippen LogP contribution < -0.4 is 4.72 Å². The SMILES string of the molecule is CCN(CC)S(=O)(=O)N[C@@H]1CCCc2c1cnn2C. The van der Waals surface area contributed by atoms with E-state index in [1.54, 1.807) is 6.20 Å². The molecular weight excluding hydrogens is 264 g/mol. The van der Waals surface area contributed by atoms with Gasteiger partial charge in [0.15, 0.2) is 0 Å². The summed E-state index contributed by atoms with van der Waals surface area (Å²) < 4.78 is 30.6. The minimum Gasteiger partial charge on any atom is -0.272 e. The van der Waals surface area contributed by atoms with Crippen LogP contribution in [0.4, 0.5) is 0 Å². The molecule has 1 heterocycles. The Balaban J connectivity index is 2.21. The Morgan fingerprint density at radius 1 is 1.47 bits per heavy atom. The molecule has 1 atom stereocenters. The highest BCUT2D eigenvalue weighted by Crippen LogP contribution is 2.29. The molecule has 6 nitrogen and oxygen atoms in total. The van der Waals surface area contributed by atoms with Crippen LogP contribution in [-0.2, 0) is 23.7 Å². The third kappa shape index (κ3) is 2.82. The predicted octanol–water partition coefficient (Wildman–Crippen LogP) is 0.974.